The van der Waals surface area contributed by atoms with Crippen molar-refractivity contribution in [3.05, 3.63) is 11.4 Å². The standard InChI is InChI=1S/C15H26N4O2/c1-11-13(16)17-14(12-5-6-12)18-15(11)19(8-10-21-3)7-4-9-20-2/h12H,4-10H2,1-3H3,(H2,16,17,18). The summed E-state index contributed by atoms with van der Waals surface area (Å²) >= 11 is 0. The Morgan fingerprint density at radius 3 is 2.48 bits per heavy atom. The minimum absolute atomic E-state index is 0.495. The number of aromatic nitrogens is 2. The zero-order valence-corrected chi connectivity index (χ0v) is 13.3. The van der Waals surface area contributed by atoms with E-state index in [4.69, 9.17) is 20.2 Å². The Morgan fingerprint density at radius 1 is 1.14 bits per heavy atom. The highest BCUT2D eigenvalue weighted by molar-refractivity contribution is 5.56. The Labute approximate surface area is 126 Å². The van der Waals surface area contributed by atoms with Crippen molar-refractivity contribution < 1.29 is 9.47 Å². The second-order valence-corrected chi connectivity index (χ2v) is 5.52. The lowest BCUT2D eigenvalue weighted by atomic mass is 10.2. The van der Waals surface area contributed by atoms with Crippen molar-refractivity contribution in [1.82, 2.24) is 9.97 Å². The van der Waals surface area contributed by atoms with Gasteiger partial charge in [-0.2, -0.15) is 0 Å². The van der Waals surface area contributed by atoms with Gasteiger partial charge >= 0.3 is 0 Å². The molecule has 0 amide bonds. The Bertz CT molecular complexity index is 463. The van der Waals surface area contributed by atoms with Gasteiger partial charge in [0.05, 0.1) is 6.61 Å². The van der Waals surface area contributed by atoms with Crippen LogP contribution < -0.4 is 10.6 Å². The van der Waals surface area contributed by atoms with Gasteiger partial charge in [-0.3, -0.25) is 0 Å². The van der Waals surface area contributed by atoms with Crippen LogP contribution in [0.5, 0.6) is 0 Å². The molecule has 0 bridgehead atoms. The van der Waals surface area contributed by atoms with Crippen molar-refractivity contribution in [3.8, 4) is 0 Å². The van der Waals surface area contributed by atoms with Crippen molar-refractivity contribution >= 4 is 11.6 Å². The molecule has 0 saturated heterocycles. The summed E-state index contributed by atoms with van der Waals surface area (Å²) in [5.74, 6) is 2.92. The van der Waals surface area contributed by atoms with Gasteiger partial charge in [0, 0.05) is 45.4 Å². The van der Waals surface area contributed by atoms with Crippen LogP contribution in [0.25, 0.3) is 0 Å². The zero-order chi connectivity index (χ0) is 15.2. The van der Waals surface area contributed by atoms with Crippen LogP contribution in [0.3, 0.4) is 0 Å². The molecular formula is C15H26N4O2. The predicted octanol–water partition coefficient (Wildman–Crippen LogP) is 1.73. The maximum absolute atomic E-state index is 6.07. The smallest absolute Gasteiger partial charge is 0.137 e. The summed E-state index contributed by atoms with van der Waals surface area (Å²) in [7, 11) is 3.43. The van der Waals surface area contributed by atoms with E-state index in [0.29, 0.717) is 18.3 Å². The summed E-state index contributed by atoms with van der Waals surface area (Å²) in [5.41, 5.74) is 7.03. The summed E-state index contributed by atoms with van der Waals surface area (Å²) in [6.45, 7) is 5.05. The molecule has 1 aromatic rings. The number of methoxy groups -OCH3 is 2. The van der Waals surface area contributed by atoms with E-state index in [-0.39, 0.29) is 0 Å². The first-order valence-corrected chi connectivity index (χ1v) is 7.54. The van der Waals surface area contributed by atoms with Gasteiger partial charge in [-0.1, -0.05) is 0 Å². The van der Waals surface area contributed by atoms with Crippen LogP contribution in [0.4, 0.5) is 11.6 Å². The number of anilines is 2. The van der Waals surface area contributed by atoms with Gasteiger partial charge in [0.2, 0.25) is 0 Å². The topological polar surface area (TPSA) is 73.5 Å². The molecule has 1 aliphatic carbocycles. The summed E-state index contributed by atoms with van der Waals surface area (Å²) in [6, 6.07) is 0. The number of nitrogens with zero attached hydrogens (tertiary/aromatic N) is 3. The average molecular weight is 294 g/mol. The van der Waals surface area contributed by atoms with Crippen molar-refractivity contribution in [2.24, 2.45) is 0 Å². The number of nitrogens with two attached hydrogens (primary N) is 1. The average Bonchev–Trinajstić information content (AvgIpc) is 3.30. The molecule has 0 aromatic carbocycles. The molecule has 118 valence electrons. The minimum Gasteiger partial charge on any atom is -0.385 e. The Kier molecular flexibility index (Phi) is 5.76. The fourth-order valence-electron chi connectivity index (χ4n) is 2.30. The van der Waals surface area contributed by atoms with Gasteiger partial charge in [-0.15, -0.1) is 0 Å². The van der Waals surface area contributed by atoms with E-state index in [1.54, 1.807) is 14.2 Å². The molecule has 1 aliphatic rings. The molecule has 21 heavy (non-hydrogen) atoms. The van der Waals surface area contributed by atoms with Crippen molar-refractivity contribution in [2.75, 3.05) is 51.2 Å². The predicted molar refractivity (Wildman–Crippen MR) is 83.7 cm³/mol. The van der Waals surface area contributed by atoms with Crippen LogP contribution in [-0.4, -0.2) is 50.5 Å². The van der Waals surface area contributed by atoms with Crippen LogP contribution in [0.2, 0.25) is 0 Å². The highest BCUT2D eigenvalue weighted by Gasteiger charge is 2.28. The SMILES string of the molecule is COCCCN(CCOC)c1nc(C2CC2)nc(N)c1C. The van der Waals surface area contributed by atoms with Gasteiger partial charge < -0.3 is 20.1 Å². The lowest BCUT2D eigenvalue weighted by molar-refractivity contribution is 0.191. The zero-order valence-electron chi connectivity index (χ0n) is 13.3. The van der Waals surface area contributed by atoms with Crippen molar-refractivity contribution in [1.29, 1.82) is 0 Å². The fourth-order valence-corrected chi connectivity index (χ4v) is 2.30. The number of hydrogen-bond acceptors (Lipinski definition) is 6. The van der Waals surface area contributed by atoms with Crippen LogP contribution in [0.15, 0.2) is 0 Å². The monoisotopic (exact) mass is 294 g/mol. The molecule has 0 spiro atoms. The second kappa shape index (κ2) is 7.56. The van der Waals surface area contributed by atoms with E-state index < -0.39 is 0 Å². The third-order valence-electron chi connectivity index (χ3n) is 3.76. The molecule has 0 aliphatic heterocycles. The highest BCUT2D eigenvalue weighted by Crippen LogP contribution is 2.39. The lowest BCUT2D eigenvalue weighted by Crippen LogP contribution is -2.31. The number of rotatable bonds is 9. The van der Waals surface area contributed by atoms with E-state index in [1.165, 1.54) is 12.8 Å². The second-order valence-electron chi connectivity index (χ2n) is 5.52. The van der Waals surface area contributed by atoms with Crippen LogP contribution >= 0.6 is 0 Å². The number of nitrogen functional groups attached to an aromatic ring is 1. The molecule has 0 unspecified atom stereocenters. The molecule has 1 saturated carbocycles. The molecule has 2 N–H and O–H groups in total. The molecule has 2 rings (SSSR count). The van der Waals surface area contributed by atoms with Crippen LogP contribution in [0, 0.1) is 6.92 Å². The number of ether oxygens (including phenoxy) is 2. The first kappa shape index (κ1) is 16.0. The number of hydrogen-bond donors (Lipinski definition) is 1. The first-order chi connectivity index (χ1) is 10.2. The molecule has 0 atom stereocenters. The summed E-state index contributed by atoms with van der Waals surface area (Å²) in [5, 5.41) is 0. The summed E-state index contributed by atoms with van der Waals surface area (Å²) in [6.07, 6.45) is 3.29. The Balaban J connectivity index is 2.19. The van der Waals surface area contributed by atoms with Gasteiger partial charge in [0.15, 0.2) is 0 Å². The Hall–Kier alpha value is -1.40. The molecule has 6 nitrogen and oxygen atoms in total. The van der Waals surface area contributed by atoms with Crippen LogP contribution in [-0.2, 0) is 9.47 Å². The van der Waals surface area contributed by atoms with E-state index in [1.807, 2.05) is 6.92 Å². The third kappa shape index (κ3) is 4.28. The molecule has 1 fully saturated rings. The van der Waals surface area contributed by atoms with Crippen molar-refractivity contribution in [3.63, 3.8) is 0 Å². The van der Waals surface area contributed by atoms with E-state index in [2.05, 4.69) is 9.88 Å². The maximum Gasteiger partial charge on any atom is 0.137 e. The molecule has 0 radical (unpaired) electrons. The van der Waals surface area contributed by atoms with Gasteiger partial charge in [0.25, 0.3) is 0 Å². The molecule has 6 heteroatoms. The van der Waals surface area contributed by atoms with E-state index in [9.17, 15) is 0 Å². The van der Waals surface area contributed by atoms with Gasteiger partial charge in [-0.05, 0) is 26.2 Å². The first-order valence-electron chi connectivity index (χ1n) is 7.54. The third-order valence-corrected chi connectivity index (χ3v) is 3.76. The largest absolute Gasteiger partial charge is 0.385 e. The van der Waals surface area contributed by atoms with Gasteiger partial charge in [0.1, 0.15) is 17.5 Å². The maximum atomic E-state index is 6.07. The Morgan fingerprint density at radius 2 is 1.86 bits per heavy atom. The lowest BCUT2D eigenvalue weighted by Gasteiger charge is -2.25. The molecular weight excluding hydrogens is 268 g/mol. The van der Waals surface area contributed by atoms with Crippen molar-refractivity contribution in [2.45, 2.75) is 32.1 Å². The fraction of sp³-hybridized carbons (Fsp3) is 0.733. The molecule has 1 aromatic heterocycles. The van der Waals surface area contributed by atoms with E-state index >= 15 is 0 Å². The minimum atomic E-state index is 0.495. The van der Waals surface area contributed by atoms with E-state index in [0.717, 1.165) is 43.3 Å². The van der Waals surface area contributed by atoms with Crippen LogP contribution in [0.1, 0.15) is 36.6 Å². The quantitative estimate of drug-likeness (QED) is 0.699. The normalized spacial score (nSPS) is 14.4. The summed E-state index contributed by atoms with van der Waals surface area (Å²) in [4.78, 5) is 11.4. The van der Waals surface area contributed by atoms with Gasteiger partial charge in [-0.25, -0.2) is 9.97 Å². The molecule has 1 heterocycles. The summed E-state index contributed by atoms with van der Waals surface area (Å²) < 4.78 is 10.4. The highest BCUT2D eigenvalue weighted by atomic mass is 16.5.